The molecular formula is C20H15BrN2S. The number of hydrogen-bond donors (Lipinski definition) is 0. The van der Waals surface area contributed by atoms with Crippen molar-refractivity contribution in [1.82, 2.24) is 4.98 Å². The molecule has 1 heterocycles. The minimum atomic E-state index is 0.596. The second kappa shape index (κ2) is 7.57. The molecule has 1 aromatic heterocycles. The molecule has 0 aliphatic carbocycles. The van der Waals surface area contributed by atoms with Gasteiger partial charge in [-0.3, -0.25) is 0 Å². The minimum absolute atomic E-state index is 0.596. The number of benzene rings is 2. The highest BCUT2D eigenvalue weighted by molar-refractivity contribution is 9.10. The molecule has 0 unspecified atom stereocenters. The average molecular weight is 395 g/mol. The van der Waals surface area contributed by atoms with Crippen LogP contribution in [0.2, 0.25) is 0 Å². The van der Waals surface area contributed by atoms with Gasteiger partial charge in [0.05, 0.1) is 11.3 Å². The summed E-state index contributed by atoms with van der Waals surface area (Å²) in [6.45, 7) is 2.12. The lowest BCUT2D eigenvalue weighted by Gasteiger charge is -1.98. The van der Waals surface area contributed by atoms with E-state index in [1.54, 1.807) is 11.3 Å². The van der Waals surface area contributed by atoms with Gasteiger partial charge in [-0.05, 0) is 30.2 Å². The molecule has 0 bridgehead atoms. The van der Waals surface area contributed by atoms with Gasteiger partial charge < -0.3 is 0 Å². The number of nitrogens with zero attached hydrogens (tertiary/aromatic N) is 2. The first-order valence-corrected chi connectivity index (χ1v) is 9.25. The van der Waals surface area contributed by atoms with Gasteiger partial charge in [-0.2, -0.15) is 5.26 Å². The summed E-state index contributed by atoms with van der Waals surface area (Å²) < 4.78 is 1.02. The number of thiazole rings is 1. The van der Waals surface area contributed by atoms with Crippen molar-refractivity contribution in [3.63, 3.8) is 0 Å². The van der Waals surface area contributed by atoms with Crippen molar-refractivity contribution in [3.05, 3.63) is 74.5 Å². The summed E-state index contributed by atoms with van der Waals surface area (Å²) in [7, 11) is 0. The van der Waals surface area contributed by atoms with Crippen molar-refractivity contribution in [1.29, 1.82) is 5.26 Å². The third-order valence-corrected chi connectivity index (χ3v) is 5.36. The normalized spacial score (nSPS) is 11.3. The Balaban J connectivity index is 2.03. The summed E-state index contributed by atoms with van der Waals surface area (Å²) in [5.41, 5.74) is 3.66. The van der Waals surface area contributed by atoms with Crippen LogP contribution in [0, 0.1) is 11.3 Å². The number of nitriles is 1. The number of hydrogen-bond acceptors (Lipinski definition) is 3. The van der Waals surface area contributed by atoms with Crippen LogP contribution in [-0.4, -0.2) is 4.98 Å². The highest BCUT2D eigenvalue weighted by atomic mass is 79.9. The first kappa shape index (κ1) is 16.6. The fraction of sp³-hybridized carbons (Fsp3) is 0.100. The Labute approximate surface area is 154 Å². The number of aromatic nitrogens is 1. The van der Waals surface area contributed by atoms with Crippen molar-refractivity contribution in [2.45, 2.75) is 13.3 Å². The zero-order valence-corrected chi connectivity index (χ0v) is 15.6. The molecule has 0 atom stereocenters. The highest BCUT2D eigenvalue weighted by Crippen LogP contribution is 2.32. The van der Waals surface area contributed by atoms with Gasteiger partial charge >= 0.3 is 0 Å². The van der Waals surface area contributed by atoms with Gasteiger partial charge in [-0.15, -0.1) is 11.3 Å². The zero-order chi connectivity index (χ0) is 16.9. The Hall–Kier alpha value is -2.22. The van der Waals surface area contributed by atoms with Gasteiger partial charge in [0.2, 0.25) is 0 Å². The van der Waals surface area contributed by atoms with Crippen molar-refractivity contribution < 1.29 is 0 Å². The number of aryl methyl sites for hydroxylation is 1. The maximum Gasteiger partial charge on any atom is 0.134 e. The topological polar surface area (TPSA) is 36.7 Å². The molecule has 0 N–H and O–H groups in total. The van der Waals surface area contributed by atoms with Gasteiger partial charge in [-0.1, -0.05) is 65.3 Å². The van der Waals surface area contributed by atoms with Crippen LogP contribution in [0.1, 0.15) is 22.4 Å². The number of rotatable bonds is 4. The molecule has 3 aromatic rings. The second-order valence-electron chi connectivity index (χ2n) is 5.23. The summed E-state index contributed by atoms with van der Waals surface area (Å²) in [6, 6.07) is 20.3. The lowest BCUT2D eigenvalue weighted by molar-refractivity contribution is 1.17. The summed E-state index contributed by atoms with van der Waals surface area (Å²) in [4.78, 5) is 5.96. The van der Waals surface area contributed by atoms with Gasteiger partial charge in [0.15, 0.2) is 0 Å². The molecule has 4 heteroatoms. The molecule has 3 rings (SSSR count). The van der Waals surface area contributed by atoms with E-state index in [0.29, 0.717) is 5.57 Å². The third-order valence-electron chi connectivity index (χ3n) is 3.60. The fourth-order valence-corrected chi connectivity index (χ4v) is 3.65. The highest BCUT2D eigenvalue weighted by Gasteiger charge is 2.14. The maximum atomic E-state index is 9.58. The van der Waals surface area contributed by atoms with Crippen LogP contribution < -0.4 is 0 Å². The smallest absolute Gasteiger partial charge is 0.134 e. The number of allylic oxidation sites excluding steroid dienone is 1. The summed E-state index contributed by atoms with van der Waals surface area (Å²) in [5, 5.41) is 10.4. The fourth-order valence-electron chi connectivity index (χ4n) is 2.40. The maximum absolute atomic E-state index is 9.58. The van der Waals surface area contributed by atoms with Crippen molar-refractivity contribution in [2.75, 3.05) is 0 Å². The molecular weight excluding hydrogens is 380 g/mol. The molecule has 118 valence electrons. The molecule has 2 nitrogen and oxygen atoms in total. The Kier molecular flexibility index (Phi) is 5.24. The van der Waals surface area contributed by atoms with E-state index in [4.69, 9.17) is 4.98 Å². The molecule has 0 aliphatic rings. The molecule has 0 saturated heterocycles. The van der Waals surface area contributed by atoms with Crippen LogP contribution in [0.5, 0.6) is 0 Å². The molecule has 0 saturated carbocycles. The molecule has 0 amide bonds. The third kappa shape index (κ3) is 3.64. The van der Waals surface area contributed by atoms with Crippen molar-refractivity contribution in [3.8, 4) is 17.3 Å². The molecule has 0 radical (unpaired) electrons. The summed E-state index contributed by atoms with van der Waals surface area (Å²) in [5.74, 6) is 0. The summed E-state index contributed by atoms with van der Waals surface area (Å²) in [6.07, 6.45) is 2.79. The molecule has 0 spiro atoms. The van der Waals surface area contributed by atoms with E-state index in [9.17, 15) is 5.26 Å². The Morgan fingerprint density at radius 3 is 2.50 bits per heavy atom. The lowest BCUT2D eigenvalue weighted by Crippen LogP contribution is -1.84. The van der Waals surface area contributed by atoms with E-state index in [2.05, 4.69) is 41.1 Å². The van der Waals surface area contributed by atoms with Gasteiger partial charge in [0.1, 0.15) is 11.1 Å². The largest absolute Gasteiger partial charge is 0.235 e. The predicted octanol–water partition coefficient (Wildman–Crippen LogP) is 6.20. The zero-order valence-electron chi connectivity index (χ0n) is 13.2. The van der Waals surface area contributed by atoms with Crippen LogP contribution in [0.15, 0.2) is 59.1 Å². The van der Waals surface area contributed by atoms with E-state index in [1.165, 1.54) is 4.88 Å². The molecule has 0 fully saturated rings. The van der Waals surface area contributed by atoms with E-state index < -0.39 is 0 Å². The first-order chi connectivity index (χ1) is 11.7. The van der Waals surface area contributed by atoms with Crippen molar-refractivity contribution in [2.24, 2.45) is 0 Å². The van der Waals surface area contributed by atoms with E-state index in [0.717, 1.165) is 32.7 Å². The van der Waals surface area contributed by atoms with Gasteiger partial charge in [0, 0.05) is 14.9 Å². The Morgan fingerprint density at radius 2 is 1.88 bits per heavy atom. The average Bonchev–Trinajstić information content (AvgIpc) is 3.06. The van der Waals surface area contributed by atoms with E-state index in [1.807, 2.05) is 48.5 Å². The van der Waals surface area contributed by atoms with Crippen LogP contribution in [0.25, 0.3) is 22.9 Å². The van der Waals surface area contributed by atoms with Crippen LogP contribution in [0.4, 0.5) is 0 Å². The van der Waals surface area contributed by atoms with Crippen LogP contribution in [0.3, 0.4) is 0 Å². The molecule has 2 aromatic carbocycles. The van der Waals surface area contributed by atoms with E-state index in [-0.39, 0.29) is 0 Å². The second-order valence-corrected chi connectivity index (χ2v) is 7.23. The quantitative estimate of drug-likeness (QED) is 0.493. The number of halogens is 1. The van der Waals surface area contributed by atoms with Crippen molar-refractivity contribution >= 4 is 38.9 Å². The Bertz CT molecular complexity index is 903. The lowest BCUT2D eigenvalue weighted by atomic mass is 10.1. The van der Waals surface area contributed by atoms with Gasteiger partial charge in [-0.25, -0.2) is 4.98 Å². The molecule has 0 aliphatic heterocycles. The monoisotopic (exact) mass is 394 g/mol. The molecule has 24 heavy (non-hydrogen) atoms. The SMILES string of the molecule is CCc1sc(C(C#N)=Cc2ccc(Br)cc2)nc1-c1ccccc1. The van der Waals surface area contributed by atoms with E-state index >= 15 is 0 Å². The minimum Gasteiger partial charge on any atom is -0.235 e. The summed E-state index contributed by atoms with van der Waals surface area (Å²) >= 11 is 5.02. The standard InChI is InChI=1S/C20H15BrN2S/c1-2-18-19(15-6-4-3-5-7-15)23-20(24-18)16(13-22)12-14-8-10-17(21)11-9-14/h3-12H,2H2,1H3. The predicted molar refractivity (Wildman–Crippen MR) is 105 cm³/mol. The Morgan fingerprint density at radius 1 is 1.17 bits per heavy atom. The van der Waals surface area contributed by atoms with Crippen LogP contribution in [-0.2, 0) is 6.42 Å². The van der Waals surface area contributed by atoms with Gasteiger partial charge in [0.25, 0.3) is 0 Å². The first-order valence-electron chi connectivity index (χ1n) is 7.64. The van der Waals surface area contributed by atoms with Crippen LogP contribution >= 0.6 is 27.3 Å².